The van der Waals surface area contributed by atoms with E-state index in [-0.39, 0.29) is 6.04 Å². The quantitative estimate of drug-likeness (QED) is 0.779. The van der Waals surface area contributed by atoms with E-state index in [4.69, 9.17) is 5.73 Å². The van der Waals surface area contributed by atoms with Crippen molar-refractivity contribution in [3.05, 3.63) is 35.4 Å². The SMILES string of the molecule is N[C@H]1c2ccccc2CC[C@@H]1N1CCCC1. The summed E-state index contributed by atoms with van der Waals surface area (Å²) < 4.78 is 0. The zero-order valence-corrected chi connectivity index (χ0v) is 9.73. The molecule has 2 N–H and O–H groups in total. The Bertz CT molecular complexity index is 369. The van der Waals surface area contributed by atoms with E-state index in [0.29, 0.717) is 6.04 Å². The fraction of sp³-hybridized carbons (Fsp3) is 0.571. The van der Waals surface area contributed by atoms with Crippen molar-refractivity contribution in [1.82, 2.24) is 4.90 Å². The average molecular weight is 216 g/mol. The van der Waals surface area contributed by atoms with Gasteiger partial charge in [-0.05, 0) is 49.9 Å². The molecular formula is C14H20N2. The molecule has 16 heavy (non-hydrogen) atoms. The molecular weight excluding hydrogens is 196 g/mol. The standard InChI is InChI=1S/C14H20N2/c15-14-12-6-2-1-5-11(12)7-8-13(14)16-9-3-4-10-16/h1-2,5-6,13-14H,3-4,7-10,15H2/t13-,14-/m0/s1. The molecule has 0 aromatic heterocycles. The van der Waals surface area contributed by atoms with E-state index in [1.807, 2.05) is 0 Å². The van der Waals surface area contributed by atoms with Crippen molar-refractivity contribution in [2.75, 3.05) is 13.1 Å². The third-order valence-electron chi connectivity index (χ3n) is 4.15. The normalized spacial score (nSPS) is 30.3. The highest BCUT2D eigenvalue weighted by atomic mass is 15.2. The van der Waals surface area contributed by atoms with Gasteiger partial charge in [0.15, 0.2) is 0 Å². The molecule has 2 atom stereocenters. The number of nitrogens with two attached hydrogens (primary N) is 1. The fourth-order valence-corrected chi connectivity index (χ4v) is 3.26. The first-order valence-corrected chi connectivity index (χ1v) is 6.44. The van der Waals surface area contributed by atoms with E-state index in [1.165, 1.54) is 49.9 Å². The largest absolute Gasteiger partial charge is 0.323 e. The zero-order chi connectivity index (χ0) is 11.0. The Balaban J connectivity index is 1.85. The van der Waals surface area contributed by atoms with Gasteiger partial charge in [0.1, 0.15) is 0 Å². The fourth-order valence-electron chi connectivity index (χ4n) is 3.26. The van der Waals surface area contributed by atoms with Crippen LogP contribution in [-0.4, -0.2) is 24.0 Å². The van der Waals surface area contributed by atoms with Gasteiger partial charge in [-0.3, -0.25) is 4.90 Å². The van der Waals surface area contributed by atoms with Crippen molar-refractivity contribution in [3.63, 3.8) is 0 Å². The second kappa shape index (κ2) is 4.19. The van der Waals surface area contributed by atoms with Crippen LogP contribution >= 0.6 is 0 Å². The van der Waals surface area contributed by atoms with E-state index in [9.17, 15) is 0 Å². The molecule has 0 bridgehead atoms. The molecule has 0 saturated carbocycles. The number of fused-ring (bicyclic) bond motifs is 1. The van der Waals surface area contributed by atoms with Crippen LogP contribution in [-0.2, 0) is 6.42 Å². The molecule has 1 aromatic carbocycles. The molecule has 2 heteroatoms. The van der Waals surface area contributed by atoms with Gasteiger partial charge in [0, 0.05) is 12.1 Å². The molecule has 1 saturated heterocycles. The molecule has 0 amide bonds. The van der Waals surface area contributed by atoms with Crippen molar-refractivity contribution >= 4 is 0 Å². The number of aryl methyl sites for hydroxylation is 1. The van der Waals surface area contributed by atoms with Crippen LogP contribution in [0.15, 0.2) is 24.3 Å². The lowest BCUT2D eigenvalue weighted by Crippen LogP contribution is -2.44. The smallest absolute Gasteiger partial charge is 0.0455 e. The number of nitrogens with zero attached hydrogens (tertiary/aromatic N) is 1. The monoisotopic (exact) mass is 216 g/mol. The summed E-state index contributed by atoms with van der Waals surface area (Å²) in [6.45, 7) is 2.50. The summed E-state index contributed by atoms with van der Waals surface area (Å²) in [4.78, 5) is 2.60. The maximum Gasteiger partial charge on any atom is 0.0455 e. The molecule has 1 aliphatic heterocycles. The number of hydrogen-bond donors (Lipinski definition) is 1. The van der Waals surface area contributed by atoms with Gasteiger partial charge in [-0.1, -0.05) is 24.3 Å². The Morgan fingerprint density at radius 1 is 1.12 bits per heavy atom. The van der Waals surface area contributed by atoms with Gasteiger partial charge in [-0.2, -0.15) is 0 Å². The van der Waals surface area contributed by atoms with Crippen LogP contribution in [0.5, 0.6) is 0 Å². The van der Waals surface area contributed by atoms with Gasteiger partial charge in [0.05, 0.1) is 0 Å². The molecule has 2 aliphatic rings. The topological polar surface area (TPSA) is 29.3 Å². The van der Waals surface area contributed by atoms with Crippen molar-refractivity contribution in [2.24, 2.45) is 5.73 Å². The van der Waals surface area contributed by atoms with Crippen LogP contribution in [0.1, 0.15) is 36.4 Å². The first-order chi connectivity index (χ1) is 7.86. The highest BCUT2D eigenvalue weighted by molar-refractivity contribution is 5.33. The van der Waals surface area contributed by atoms with Crippen LogP contribution in [0.4, 0.5) is 0 Å². The van der Waals surface area contributed by atoms with Gasteiger partial charge < -0.3 is 5.73 Å². The van der Waals surface area contributed by atoms with Gasteiger partial charge in [0.25, 0.3) is 0 Å². The van der Waals surface area contributed by atoms with E-state index in [0.717, 1.165) is 0 Å². The molecule has 1 heterocycles. The molecule has 1 fully saturated rings. The minimum atomic E-state index is 0.225. The summed E-state index contributed by atoms with van der Waals surface area (Å²) in [5, 5.41) is 0. The molecule has 1 aliphatic carbocycles. The Morgan fingerprint density at radius 2 is 1.88 bits per heavy atom. The van der Waals surface area contributed by atoms with E-state index < -0.39 is 0 Å². The first kappa shape index (κ1) is 10.3. The number of hydrogen-bond acceptors (Lipinski definition) is 2. The summed E-state index contributed by atoms with van der Waals surface area (Å²) in [6, 6.07) is 9.49. The maximum absolute atomic E-state index is 6.43. The van der Waals surface area contributed by atoms with Gasteiger partial charge in [0.2, 0.25) is 0 Å². The number of benzene rings is 1. The van der Waals surface area contributed by atoms with E-state index >= 15 is 0 Å². The lowest BCUT2D eigenvalue weighted by molar-refractivity contribution is 0.191. The molecule has 0 radical (unpaired) electrons. The Labute approximate surface area is 97.4 Å². The van der Waals surface area contributed by atoms with Crippen LogP contribution in [0.25, 0.3) is 0 Å². The Kier molecular flexibility index (Phi) is 2.70. The highest BCUT2D eigenvalue weighted by Gasteiger charge is 2.31. The summed E-state index contributed by atoms with van der Waals surface area (Å²) in [5.74, 6) is 0. The van der Waals surface area contributed by atoms with Crippen molar-refractivity contribution < 1.29 is 0 Å². The average Bonchev–Trinajstić information content (AvgIpc) is 2.83. The van der Waals surface area contributed by atoms with Gasteiger partial charge in [-0.25, -0.2) is 0 Å². The Morgan fingerprint density at radius 3 is 2.69 bits per heavy atom. The van der Waals surface area contributed by atoms with Crippen LogP contribution in [0.2, 0.25) is 0 Å². The second-order valence-corrected chi connectivity index (χ2v) is 5.07. The van der Waals surface area contributed by atoms with Crippen LogP contribution < -0.4 is 5.73 Å². The van der Waals surface area contributed by atoms with Gasteiger partial charge >= 0.3 is 0 Å². The van der Waals surface area contributed by atoms with Gasteiger partial charge in [-0.15, -0.1) is 0 Å². The van der Waals surface area contributed by atoms with E-state index in [1.54, 1.807) is 0 Å². The van der Waals surface area contributed by atoms with Crippen molar-refractivity contribution in [3.8, 4) is 0 Å². The first-order valence-electron chi connectivity index (χ1n) is 6.44. The molecule has 1 aromatic rings. The third kappa shape index (κ3) is 1.66. The lowest BCUT2D eigenvalue weighted by Gasteiger charge is -2.37. The third-order valence-corrected chi connectivity index (χ3v) is 4.15. The predicted molar refractivity (Wildman–Crippen MR) is 66.3 cm³/mol. The highest BCUT2D eigenvalue weighted by Crippen LogP contribution is 2.32. The molecule has 86 valence electrons. The zero-order valence-electron chi connectivity index (χ0n) is 9.73. The van der Waals surface area contributed by atoms with Crippen LogP contribution in [0, 0.1) is 0 Å². The molecule has 2 nitrogen and oxygen atoms in total. The van der Waals surface area contributed by atoms with Crippen LogP contribution in [0.3, 0.4) is 0 Å². The molecule has 0 unspecified atom stereocenters. The minimum absolute atomic E-state index is 0.225. The number of likely N-dealkylation sites (tertiary alicyclic amines) is 1. The molecule has 0 spiro atoms. The minimum Gasteiger partial charge on any atom is -0.323 e. The second-order valence-electron chi connectivity index (χ2n) is 5.07. The summed E-state index contributed by atoms with van der Waals surface area (Å²) in [6.07, 6.45) is 5.14. The summed E-state index contributed by atoms with van der Waals surface area (Å²) >= 11 is 0. The Hall–Kier alpha value is -0.860. The molecule has 3 rings (SSSR count). The maximum atomic E-state index is 6.43. The summed E-state index contributed by atoms with van der Waals surface area (Å²) in [5.41, 5.74) is 9.27. The number of rotatable bonds is 1. The predicted octanol–water partition coefficient (Wildman–Crippen LogP) is 2.10. The van der Waals surface area contributed by atoms with E-state index in [2.05, 4.69) is 29.2 Å². The summed E-state index contributed by atoms with van der Waals surface area (Å²) in [7, 11) is 0. The van der Waals surface area contributed by atoms with Crippen molar-refractivity contribution in [2.45, 2.75) is 37.8 Å². The van der Waals surface area contributed by atoms with Crippen molar-refractivity contribution in [1.29, 1.82) is 0 Å². The lowest BCUT2D eigenvalue weighted by atomic mass is 9.84.